The highest BCUT2D eigenvalue weighted by molar-refractivity contribution is 6.07. The number of para-hydroxylation sites is 1. The van der Waals surface area contributed by atoms with Gasteiger partial charge >= 0.3 is 0 Å². The third kappa shape index (κ3) is 5.08. The van der Waals surface area contributed by atoms with E-state index in [4.69, 9.17) is 4.74 Å². The molecule has 40 heavy (non-hydrogen) atoms. The van der Waals surface area contributed by atoms with Crippen LogP contribution in [0.5, 0.6) is 11.5 Å². The summed E-state index contributed by atoms with van der Waals surface area (Å²) >= 11 is 0. The van der Waals surface area contributed by atoms with Crippen LogP contribution in [0, 0.1) is 17.2 Å². The molecule has 0 aromatic heterocycles. The van der Waals surface area contributed by atoms with Crippen molar-refractivity contribution in [1.82, 2.24) is 0 Å². The molecular weight excluding hydrogens is 507 g/mol. The summed E-state index contributed by atoms with van der Waals surface area (Å²) in [6.07, 6.45) is 0.450. The van der Waals surface area contributed by atoms with Gasteiger partial charge in [-0.3, -0.25) is 14.5 Å². The van der Waals surface area contributed by atoms with E-state index in [0.29, 0.717) is 34.8 Å². The molecule has 2 aliphatic rings. The Hall–Kier alpha value is -4.13. The highest BCUT2D eigenvalue weighted by atomic mass is 19.1. The normalized spacial score (nSPS) is 18.9. The van der Waals surface area contributed by atoms with Crippen molar-refractivity contribution in [2.75, 3.05) is 10.2 Å². The fraction of sp³-hybridized carbons (Fsp3) is 0.333. The van der Waals surface area contributed by atoms with Gasteiger partial charge in [0.2, 0.25) is 5.91 Å². The Labute approximate surface area is 234 Å². The molecule has 0 spiro atoms. The Kier molecular flexibility index (Phi) is 7.17. The fourth-order valence-electron chi connectivity index (χ4n) is 5.66. The molecule has 5 rings (SSSR count). The lowest BCUT2D eigenvalue weighted by atomic mass is 9.73. The maximum Gasteiger partial charge on any atom is 0.230 e. The largest absolute Gasteiger partial charge is 0.506 e. The summed E-state index contributed by atoms with van der Waals surface area (Å²) < 4.78 is 22.2. The van der Waals surface area contributed by atoms with E-state index in [1.165, 1.54) is 17.0 Å². The minimum Gasteiger partial charge on any atom is -0.506 e. The first-order valence-electron chi connectivity index (χ1n) is 13.7. The smallest absolute Gasteiger partial charge is 0.230 e. The number of fused-ring (bicyclic) bond motifs is 1. The number of benzene rings is 3. The van der Waals surface area contributed by atoms with Crippen LogP contribution in [0.2, 0.25) is 0 Å². The molecule has 0 saturated heterocycles. The van der Waals surface area contributed by atoms with Crippen LogP contribution >= 0.6 is 0 Å². The Bertz CT molecular complexity index is 1500. The third-order valence-corrected chi connectivity index (χ3v) is 7.59. The number of ether oxygens (including phenoxy) is 1. The maximum atomic E-state index is 16.1. The Morgan fingerprint density at radius 1 is 1.05 bits per heavy atom. The minimum atomic E-state index is -1.02. The van der Waals surface area contributed by atoms with Crippen molar-refractivity contribution in [2.24, 2.45) is 11.3 Å². The van der Waals surface area contributed by atoms with Crippen molar-refractivity contribution >= 4 is 23.1 Å². The Morgan fingerprint density at radius 3 is 2.45 bits per heavy atom. The van der Waals surface area contributed by atoms with Crippen molar-refractivity contribution in [1.29, 1.82) is 0 Å². The molecule has 6 nitrogen and oxygen atoms in total. The van der Waals surface area contributed by atoms with E-state index >= 15 is 4.39 Å². The minimum absolute atomic E-state index is 0.0542. The lowest BCUT2D eigenvalue weighted by Gasteiger charge is -2.37. The number of rotatable bonds is 5. The van der Waals surface area contributed by atoms with Crippen LogP contribution < -0.4 is 15.0 Å². The van der Waals surface area contributed by atoms with Crippen LogP contribution in [0.25, 0.3) is 0 Å². The predicted molar refractivity (Wildman–Crippen MR) is 154 cm³/mol. The number of anilines is 2. The molecule has 1 aliphatic carbocycles. The van der Waals surface area contributed by atoms with Crippen LogP contribution in [-0.2, 0) is 9.59 Å². The molecule has 0 bridgehead atoms. The topological polar surface area (TPSA) is 78.9 Å². The van der Waals surface area contributed by atoms with Crippen LogP contribution in [-0.4, -0.2) is 16.8 Å². The maximum absolute atomic E-state index is 16.1. The lowest BCUT2D eigenvalue weighted by molar-refractivity contribution is -0.122. The number of phenols is 1. The molecule has 2 N–H and O–H groups in total. The molecule has 0 saturated carbocycles. The molecule has 1 amide bonds. The summed E-state index contributed by atoms with van der Waals surface area (Å²) in [6, 6.07) is 18.1. The number of nitrogens with zero attached hydrogens (tertiary/aromatic N) is 1. The summed E-state index contributed by atoms with van der Waals surface area (Å²) in [7, 11) is 0. The Morgan fingerprint density at radius 2 is 1.77 bits per heavy atom. The summed E-state index contributed by atoms with van der Waals surface area (Å²) in [5.74, 6) is -1.20. The van der Waals surface area contributed by atoms with Gasteiger partial charge in [-0.25, -0.2) is 4.39 Å². The monoisotopic (exact) mass is 542 g/mol. The standard InChI is InChI=1S/C33H35FN2O4/c1-19(2)32(39)36-26-12-9-13-27(37)30(26)35-25-17-33(4,5)18-28(38)29(25)31(36)23-15-14-22(16-24(23)34)40-20(3)21-10-7-6-8-11-21/h6-16,19-20,31,35,37H,17-18H2,1-5H3/t20-,31+/m1/s1. The quantitative estimate of drug-likeness (QED) is 0.327. The molecule has 208 valence electrons. The zero-order chi connectivity index (χ0) is 28.8. The second-order valence-corrected chi connectivity index (χ2v) is 11.7. The zero-order valence-electron chi connectivity index (χ0n) is 23.5. The third-order valence-electron chi connectivity index (χ3n) is 7.59. The number of carbonyl (C=O) groups excluding carboxylic acids is 2. The molecule has 1 aliphatic heterocycles. The average Bonchev–Trinajstić information content (AvgIpc) is 3.03. The molecule has 0 radical (unpaired) electrons. The number of ketones is 1. The van der Waals surface area contributed by atoms with Crippen molar-refractivity contribution < 1.29 is 23.8 Å². The van der Waals surface area contributed by atoms with E-state index in [2.05, 4.69) is 5.32 Å². The van der Waals surface area contributed by atoms with Gasteiger partial charge in [0, 0.05) is 35.2 Å². The molecule has 2 atom stereocenters. The van der Waals surface area contributed by atoms with E-state index in [9.17, 15) is 14.7 Å². The summed E-state index contributed by atoms with van der Waals surface area (Å²) in [6.45, 7) is 9.42. The van der Waals surface area contributed by atoms with Gasteiger partial charge in [-0.15, -0.1) is 0 Å². The highest BCUT2D eigenvalue weighted by Crippen LogP contribution is 2.51. The molecule has 7 heteroatoms. The molecule has 0 unspecified atom stereocenters. The van der Waals surface area contributed by atoms with Gasteiger partial charge in [0.1, 0.15) is 29.1 Å². The van der Waals surface area contributed by atoms with Crippen molar-refractivity contribution in [3.63, 3.8) is 0 Å². The van der Waals surface area contributed by atoms with Gasteiger partial charge in [0.15, 0.2) is 5.78 Å². The SMILES string of the molecule is CC(C)C(=O)N1c2cccc(O)c2NC2=C(C(=O)CC(C)(C)C2)[C@@H]1c1ccc(O[C@H](C)c2ccccc2)cc1F. The molecule has 0 fully saturated rings. The van der Waals surface area contributed by atoms with Crippen LogP contribution in [0.1, 0.15) is 70.7 Å². The number of Topliss-reactive ketones (excluding diaryl/α,β-unsaturated/α-hetero) is 1. The van der Waals surface area contributed by atoms with Gasteiger partial charge in [-0.1, -0.05) is 64.1 Å². The van der Waals surface area contributed by atoms with Gasteiger partial charge < -0.3 is 15.2 Å². The molecule has 3 aromatic carbocycles. The molecular formula is C33H35FN2O4. The second-order valence-electron chi connectivity index (χ2n) is 11.7. The summed E-state index contributed by atoms with van der Waals surface area (Å²) in [5, 5.41) is 14.1. The van der Waals surface area contributed by atoms with Gasteiger partial charge in [-0.05, 0) is 48.6 Å². The number of hydrogen-bond donors (Lipinski definition) is 2. The van der Waals surface area contributed by atoms with Gasteiger partial charge in [-0.2, -0.15) is 0 Å². The van der Waals surface area contributed by atoms with E-state index in [1.54, 1.807) is 38.1 Å². The molecule has 3 aromatic rings. The summed E-state index contributed by atoms with van der Waals surface area (Å²) in [4.78, 5) is 29.1. The predicted octanol–water partition coefficient (Wildman–Crippen LogP) is 7.47. The zero-order valence-corrected chi connectivity index (χ0v) is 23.5. The van der Waals surface area contributed by atoms with Crippen molar-refractivity contribution in [3.05, 3.63) is 94.9 Å². The number of phenolic OH excluding ortho intramolecular Hbond substituents is 1. The summed E-state index contributed by atoms with van der Waals surface area (Å²) in [5.41, 5.74) is 2.44. The van der Waals surface area contributed by atoms with E-state index < -0.39 is 17.8 Å². The van der Waals surface area contributed by atoms with Gasteiger partial charge in [0.05, 0.1) is 11.7 Å². The van der Waals surface area contributed by atoms with Crippen LogP contribution in [0.4, 0.5) is 15.8 Å². The van der Waals surface area contributed by atoms with Gasteiger partial charge in [0.25, 0.3) is 0 Å². The Balaban J connectivity index is 1.67. The number of carbonyl (C=O) groups is 2. The average molecular weight is 543 g/mol. The van der Waals surface area contributed by atoms with Crippen molar-refractivity contribution in [3.8, 4) is 11.5 Å². The first-order chi connectivity index (χ1) is 19.0. The van der Waals surface area contributed by atoms with E-state index in [-0.39, 0.29) is 40.9 Å². The molecule has 1 heterocycles. The van der Waals surface area contributed by atoms with Crippen molar-refractivity contribution in [2.45, 2.75) is 59.6 Å². The number of hydrogen-bond acceptors (Lipinski definition) is 5. The highest BCUT2D eigenvalue weighted by Gasteiger charge is 2.45. The number of nitrogens with one attached hydrogen (secondary N) is 1. The van der Waals surface area contributed by atoms with Crippen LogP contribution in [0.3, 0.4) is 0 Å². The fourth-order valence-corrected chi connectivity index (χ4v) is 5.66. The first-order valence-corrected chi connectivity index (χ1v) is 13.7. The number of halogens is 1. The first kappa shape index (κ1) is 27.4. The lowest BCUT2D eigenvalue weighted by Crippen LogP contribution is -2.41. The van der Waals surface area contributed by atoms with Crippen LogP contribution in [0.15, 0.2) is 78.0 Å². The van der Waals surface area contributed by atoms with E-state index in [1.807, 2.05) is 51.1 Å². The number of allylic oxidation sites excluding steroid dienone is 1. The number of aromatic hydroxyl groups is 1. The van der Waals surface area contributed by atoms with E-state index in [0.717, 1.165) is 5.56 Å². The number of amides is 1. The second kappa shape index (κ2) is 10.5.